The number of ether oxygens (including phenoxy) is 3. The summed E-state index contributed by atoms with van der Waals surface area (Å²) in [5.41, 5.74) is 11.2. The molecule has 0 aliphatic carbocycles. The molecule has 19 heteroatoms. The van der Waals surface area contributed by atoms with E-state index in [1.165, 1.54) is 28.1 Å². The van der Waals surface area contributed by atoms with Crippen molar-refractivity contribution in [1.29, 1.82) is 0 Å². The van der Waals surface area contributed by atoms with Gasteiger partial charge < -0.3 is 30.4 Å². The van der Waals surface area contributed by atoms with Gasteiger partial charge in [-0.3, -0.25) is 39.9 Å². The molecule has 0 fully saturated rings. The number of nitrogens with zero attached hydrogens (tertiary/aromatic N) is 10. The summed E-state index contributed by atoms with van der Waals surface area (Å²) in [5.74, 6) is 11.6. The molecule has 3 N–H and O–H groups in total. The first kappa shape index (κ1) is 117. The van der Waals surface area contributed by atoms with Crippen molar-refractivity contribution < 1.29 is 14.2 Å². The Kier molecular flexibility index (Phi) is 107. The monoisotopic (exact) mass is 1470 g/mol. The van der Waals surface area contributed by atoms with Gasteiger partial charge in [-0.1, -0.05) is 283 Å². The Morgan fingerprint density at radius 1 is 0.530 bits per heavy atom. The summed E-state index contributed by atoms with van der Waals surface area (Å²) in [6.07, 6.45) is 13.5. The van der Waals surface area contributed by atoms with Crippen molar-refractivity contribution in [3.63, 3.8) is 0 Å². The number of hydrogen-bond acceptors (Lipinski definition) is 19. The van der Waals surface area contributed by atoms with Crippen molar-refractivity contribution in [3.05, 3.63) is 12.3 Å². The first-order valence-corrected chi connectivity index (χ1v) is 42.9. The first-order chi connectivity index (χ1) is 48.0. The van der Waals surface area contributed by atoms with Crippen LogP contribution in [0, 0.1) is 65.1 Å². The molecule has 6 atom stereocenters. The fraction of sp³-hybridized carbons (Fsp3) is 0.852. The van der Waals surface area contributed by atoms with Crippen LogP contribution in [0.25, 0.3) is 0 Å². The molecule has 0 spiro atoms. The molecule has 6 unspecified atom stereocenters. The first-order valence-electron chi connectivity index (χ1n) is 40.0. The van der Waals surface area contributed by atoms with E-state index in [2.05, 4.69) is 211 Å². The number of hydrogen-bond donors (Lipinski definition) is 3. The Balaban J connectivity index is -0.000000109. The van der Waals surface area contributed by atoms with Crippen LogP contribution in [-0.2, 0) is 14.2 Å². The highest BCUT2D eigenvalue weighted by molar-refractivity contribution is 8.14. The minimum Gasteiger partial charge on any atom is -0.481 e. The summed E-state index contributed by atoms with van der Waals surface area (Å²) in [4.78, 5) is 33.3. The van der Waals surface area contributed by atoms with Crippen LogP contribution in [0.2, 0.25) is 0 Å². The standard InChI is InChI=1S/C7H11N.3C6H12N2.3C6H11NO.3C6H11NS.10C2H6/c1-6(2)7-4-3-5-8-7;1-5(2)6-3-7-8-4-6;1-5(2)6-7-3-4-8-6;1-5(2)6-3-4-7-8-6;1-5(2)6-3-8-4-7-6;1-5(2)6-3-7-4-8-6;1-5(2)6-7-3-4-8-6;1-5(2)6-3-8-4-7-6;1-5(2)6-3-7-4-8-6;1-5(2)6-7-3-4-8-6;10*1-2/h3,5-6H,4H2,1-2H3;3,5-6,8H,4H2,1-2H3;5H,3-4H2,1-2H3,(H,7,8);4-6,8H,3H2,1-2H3;2*4-6H,3H2,1-2H3;5H,3-4H2,1-2H3;2*4-6H,3H2,1-2H3;5H,3-4H2,1-2H3;10*1-2H3. The average molecular weight is 1470 g/mol. The maximum Gasteiger partial charge on any atom is 0.186 e. The van der Waals surface area contributed by atoms with Crippen molar-refractivity contribution in [3.8, 4) is 0 Å². The summed E-state index contributed by atoms with van der Waals surface area (Å²) >= 11 is 5.58. The molecule has 0 bridgehead atoms. The van der Waals surface area contributed by atoms with E-state index in [1.54, 1.807) is 12.8 Å². The number of hydrazone groups is 2. The van der Waals surface area contributed by atoms with E-state index < -0.39 is 0 Å². The van der Waals surface area contributed by atoms with E-state index in [0.29, 0.717) is 71.6 Å². The number of aliphatic imine (C=N–C) groups is 8. The summed E-state index contributed by atoms with van der Waals surface area (Å²) < 4.78 is 15.2. The number of allylic oxidation sites excluding steroid dienone is 1. The van der Waals surface area contributed by atoms with Gasteiger partial charge in [-0.15, -0.1) is 35.3 Å². The number of thioether (sulfide) groups is 3. The zero-order valence-corrected chi connectivity index (χ0v) is 75.9. The second-order valence-corrected chi connectivity index (χ2v) is 26.9. The van der Waals surface area contributed by atoms with Crippen LogP contribution in [0.3, 0.4) is 0 Å². The summed E-state index contributed by atoms with van der Waals surface area (Å²) in [6.45, 7) is 91.9. The molecule has 10 heterocycles. The zero-order valence-electron chi connectivity index (χ0n) is 73.5. The Morgan fingerprint density at radius 2 is 1.12 bits per heavy atom. The predicted molar refractivity (Wildman–Crippen MR) is 472 cm³/mol. The molecule has 100 heavy (non-hydrogen) atoms. The molecule has 0 aromatic heterocycles. The van der Waals surface area contributed by atoms with Gasteiger partial charge in [-0.05, 0) is 41.4 Å². The number of rotatable bonds is 10. The van der Waals surface area contributed by atoms with Crippen molar-refractivity contribution in [1.82, 2.24) is 16.2 Å². The van der Waals surface area contributed by atoms with Gasteiger partial charge in [-0.25, -0.2) is 0 Å². The van der Waals surface area contributed by atoms with E-state index in [-0.39, 0.29) is 0 Å². The van der Waals surface area contributed by atoms with Gasteiger partial charge in [-0.2, -0.15) is 10.2 Å². The molecule has 10 aliphatic rings. The highest BCUT2D eigenvalue weighted by atomic mass is 32.2. The molecule has 0 amide bonds. The summed E-state index contributed by atoms with van der Waals surface area (Å²) in [7, 11) is 0. The van der Waals surface area contributed by atoms with Crippen LogP contribution in [0.15, 0.2) is 62.4 Å². The van der Waals surface area contributed by atoms with Crippen molar-refractivity contribution in [2.75, 3.05) is 70.5 Å². The SMILES string of the molecule is CC.CC.CC.CC.CC.CC.CC.CC.CC.CC.CC(C)C1=NC=CC1.CC(C)C1=NCCN1.CC(C)C1=NCCO1.CC(C)C1=NCCS1.CC(C)C1C=NNC1.CC(C)C1CC=NN1.CC(C)C1CN=CO1.CC(C)C1CN=CS1.CC(C)C1COC=N1.CC(C)C1CSC=N1. The smallest absolute Gasteiger partial charge is 0.186 e. The highest BCUT2D eigenvalue weighted by Gasteiger charge is 2.19. The molecule has 10 aliphatic heterocycles. The molecule has 16 nitrogen and oxygen atoms in total. The fourth-order valence-corrected chi connectivity index (χ4v) is 9.94. The van der Waals surface area contributed by atoms with E-state index in [0.717, 1.165) is 101 Å². The zero-order chi connectivity index (χ0) is 79.8. The molecule has 598 valence electrons. The molecule has 10 rings (SSSR count). The van der Waals surface area contributed by atoms with Crippen LogP contribution in [0.4, 0.5) is 0 Å². The van der Waals surface area contributed by atoms with Crippen LogP contribution >= 0.6 is 35.3 Å². The van der Waals surface area contributed by atoms with E-state index in [1.807, 2.05) is 203 Å². The van der Waals surface area contributed by atoms with Gasteiger partial charge in [0.05, 0.1) is 66.3 Å². The van der Waals surface area contributed by atoms with Crippen LogP contribution < -0.4 is 16.2 Å². The van der Waals surface area contributed by atoms with Crippen LogP contribution in [0.5, 0.6) is 0 Å². The van der Waals surface area contributed by atoms with Crippen molar-refractivity contribution in [2.45, 2.75) is 319 Å². The van der Waals surface area contributed by atoms with E-state index >= 15 is 0 Å². The summed E-state index contributed by atoms with van der Waals surface area (Å²) in [5, 5.41) is 13.1. The lowest BCUT2D eigenvalue weighted by Crippen LogP contribution is -2.24. The fourth-order valence-electron chi connectivity index (χ4n) is 7.22. The lowest BCUT2D eigenvalue weighted by Gasteiger charge is -2.12. The lowest BCUT2D eigenvalue weighted by molar-refractivity contribution is 0.179. The maximum atomic E-state index is 5.16. The molecule has 0 aromatic rings. The lowest BCUT2D eigenvalue weighted by atomic mass is 9.98. The topological polar surface area (TPSA) is 187 Å². The maximum absolute atomic E-state index is 5.16. The average Bonchev–Trinajstić information content (AvgIpc) is 3.90. The van der Waals surface area contributed by atoms with Crippen molar-refractivity contribution >= 4 is 94.1 Å². The second-order valence-electron chi connectivity index (χ2n) is 23.8. The third kappa shape index (κ3) is 72.6. The Labute approximate surface area is 638 Å². The van der Waals surface area contributed by atoms with Crippen molar-refractivity contribution in [2.24, 2.45) is 115 Å². The normalized spacial score (nSPS) is 19.5. The minimum atomic E-state index is 0.343. The highest BCUT2D eigenvalue weighted by Crippen LogP contribution is 2.22. The molecule has 0 aromatic carbocycles. The quantitative estimate of drug-likeness (QED) is 0.191. The largest absolute Gasteiger partial charge is 0.481 e. The second kappa shape index (κ2) is 91.4. The third-order valence-corrected chi connectivity index (χ3v) is 16.6. The Morgan fingerprint density at radius 3 is 1.32 bits per heavy atom. The molecular weight excluding hydrogens is 1300 g/mol. The van der Waals surface area contributed by atoms with Gasteiger partial charge in [0, 0.05) is 97.2 Å². The minimum absolute atomic E-state index is 0.343. The molecular formula is C81H173N13O3S3. The Hall–Kier alpha value is -3.71. The third-order valence-electron chi connectivity index (χ3n) is 13.2. The number of nitrogens with one attached hydrogen (secondary N) is 3. The van der Waals surface area contributed by atoms with E-state index in [4.69, 9.17) is 14.2 Å². The molecule has 0 radical (unpaired) electrons. The van der Waals surface area contributed by atoms with Gasteiger partial charge in [0.15, 0.2) is 18.7 Å². The van der Waals surface area contributed by atoms with Gasteiger partial charge in [0.2, 0.25) is 0 Å². The van der Waals surface area contributed by atoms with E-state index in [9.17, 15) is 0 Å². The summed E-state index contributed by atoms with van der Waals surface area (Å²) in [6, 6.07) is 1.60. The molecule has 0 saturated heterocycles. The van der Waals surface area contributed by atoms with Gasteiger partial charge >= 0.3 is 0 Å². The Bertz CT molecular complexity index is 1740. The van der Waals surface area contributed by atoms with Gasteiger partial charge in [0.1, 0.15) is 19.3 Å². The van der Waals surface area contributed by atoms with Gasteiger partial charge in [0.25, 0.3) is 0 Å². The van der Waals surface area contributed by atoms with Crippen LogP contribution in [-0.4, -0.2) is 159 Å². The number of amidine groups is 1. The predicted octanol–water partition coefficient (Wildman–Crippen LogP) is 23.3. The molecule has 0 saturated carbocycles. The van der Waals surface area contributed by atoms with Crippen LogP contribution in [0.1, 0.15) is 290 Å².